The van der Waals surface area contributed by atoms with Gasteiger partial charge in [0.15, 0.2) is 0 Å². The molecule has 2 aromatic carbocycles. The molecule has 0 N–H and O–H groups in total. The molecular weight excluding hydrogens is 288 g/mol. The van der Waals surface area contributed by atoms with Crippen molar-refractivity contribution in [3.8, 4) is 11.1 Å². The first-order valence-electron chi connectivity index (χ1n) is 9.66. The lowest BCUT2D eigenvalue weighted by Crippen LogP contribution is -2.17. The van der Waals surface area contributed by atoms with Crippen LogP contribution in [-0.4, -0.2) is 0 Å². The van der Waals surface area contributed by atoms with Gasteiger partial charge < -0.3 is 0 Å². The monoisotopic (exact) mass is 316 g/mol. The van der Waals surface area contributed by atoms with E-state index in [0.29, 0.717) is 5.41 Å². The molecule has 1 saturated carbocycles. The second-order valence-electron chi connectivity index (χ2n) is 7.86. The first kappa shape index (κ1) is 15.7. The lowest BCUT2D eigenvalue weighted by molar-refractivity contribution is 0.265. The smallest absolute Gasteiger partial charge is 0.00574 e. The van der Waals surface area contributed by atoms with Gasteiger partial charge in [-0.3, -0.25) is 0 Å². The van der Waals surface area contributed by atoms with Crippen molar-refractivity contribution < 1.29 is 0 Å². The van der Waals surface area contributed by atoms with Crippen LogP contribution in [0.15, 0.2) is 54.1 Å². The molecule has 0 heterocycles. The molecule has 124 valence electrons. The Bertz CT molecular complexity index is 730. The molecule has 0 spiro atoms. The standard InChI is InChI=1S/C24H28/c1-2-13-24(14-6-7-15-24)18-19-16-21-11-8-12-22(23(21)17-19)20-9-4-3-5-10-20/h3-5,8-12,17H,2,6-7,13-16,18H2,1H3. The third kappa shape index (κ3) is 2.95. The lowest BCUT2D eigenvalue weighted by Gasteiger charge is -2.29. The number of hydrogen-bond donors (Lipinski definition) is 0. The van der Waals surface area contributed by atoms with E-state index in [-0.39, 0.29) is 0 Å². The summed E-state index contributed by atoms with van der Waals surface area (Å²) in [5.74, 6) is 0. The van der Waals surface area contributed by atoms with Crippen LogP contribution in [0.2, 0.25) is 0 Å². The van der Waals surface area contributed by atoms with E-state index >= 15 is 0 Å². The zero-order valence-corrected chi connectivity index (χ0v) is 14.9. The van der Waals surface area contributed by atoms with E-state index in [1.165, 1.54) is 73.6 Å². The summed E-state index contributed by atoms with van der Waals surface area (Å²) in [6.45, 7) is 2.35. The molecule has 0 saturated heterocycles. The maximum atomic E-state index is 2.52. The van der Waals surface area contributed by atoms with Crippen molar-refractivity contribution in [1.29, 1.82) is 0 Å². The summed E-state index contributed by atoms with van der Waals surface area (Å²) in [4.78, 5) is 0. The Morgan fingerprint density at radius 3 is 2.46 bits per heavy atom. The maximum absolute atomic E-state index is 2.52. The van der Waals surface area contributed by atoms with Gasteiger partial charge in [0.05, 0.1) is 0 Å². The molecule has 0 nitrogen and oxygen atoms in total. The van der Waals surface area contributed by atoms with Crippen molar-refractivity contribution in [3.63, 3.8) is 0 Å². The van der Waals surface area contributed by atoms with Crippen molar-refractivity contribution in [3.05, 3.63) is 65.2 Å². The van der Waals surface area contributed by atoms with Crippen LogP contribution in [0, 0.1) is 5.41 Å². The Balaban J connectivity index is 1.63. The Kier molecular flexibility index (Phi) is 4.31. The van der Waals surface area contributed by atoms with Crippen molar-refractivity contribution in [1.82, 2.24) is 0 Å². The Morgan fingerprint density at radius 1 is 0.917 bits per heavy atom. The van der Waals surface area contributed by atoms with E-state index in [1.54, 1.807) is 5.57 Å². The molecule has 1 fully saturated rings. The normalized spacial score (nSPS) is 18.5. The molecule has 0 aromatic heterocycles. The van der Waals surface area contributed by atoms with Gasteiger partial charge in [0, 0.05) is 0 Å². The second kappa shape index (κ2) is 6.59. The molecule has 0 unspecified atom stereocenters. The molecule has 2 aliphatic carbocycles. The highest BCUT2D eigenvalue weighted by Crippen LogP contribution is 2.48. The lowest BCUT2D eigenvalue weighted by atomic mass is 9.76. The van der Waals surface area contributed by atoms with Crippen molar-refractivity contribution >= 4 is 6.08 Å². The molecule has 24 heavy (non-hydrogen) atoms. The van der Waals surface area contributed by atoms with Gasteiger partial charge in [-0.15, -0.1) is 0 Å². The van der Waals surface area contributed by atoms with E-state index in [9.17, 15) is 0 Å². The quantitative estimate of drug-likeness (QED) is 0.554. The fourth-order valence-electron chi connectivity index (χ4n) is 5.07. The summed E-state index contributed by atoms with van der Waals surface area (Å²) in [5.41, 5.74) is 8.02. The Hall–Kier alpha value is -1.82. The van der Waals surface area contributed by atoms with E-state index < -0.39 is 0 Å². The second-order valence-corrected chi connectivity index (χ2v) is 7.86. The number of hydrogen-bond acceptors (Lipinski definition) is 0. The summed E-state index contributed by atoms with van der Waals surface area (Å²) >= 11 is 0. The van der Waals surface area contributed by atoms with Crippen LogP contribution in [0.3, 0.4) is 0 Å². The fraction of sp³-hybridized carbons (Fsp3) is 0.417. The van der Waals surface area contributed by atoms with Gasteiger partial charge in [-0.2, -0.15) is 0 Å². The van der Waals surface area contributed by atoms with E-state index in [1.807, 2.05) is 0 Å². The summed E-state index contributed by atoms with van der Waals surface area (Å²) < 4.78 is 0. The zero-order valence-electron chi connectivity index (χ0n) is 14.9. The zero-order chi connectivity index (χ0) is 16.4. The predicted octanol–water partition coefficient (Wildman–Crippen LogP) is 7.04. The first-order valence-corrected chi connectivity index (χ1v) is 9.66. The minimum absolute atomic E-state index is 0.607. The van der Waals surface area contributed by atoms with E-state index in [2.05, 4.69) is 61.5 Å². The molecule has 0 aliphatic heterocycles. The molecule has 0 heteroatoms. The fourth-order valence-corrected chi connectivity index (χ4v) is 5.07. The first-order chi connectivity index (χ1) is 11.8. The summed E-state index contributed by atoms with van der Waals surface area (Å²) in [7, 11) is 0. The van der Waals surface area contributed by atoms with Crippen LogP contribution in [0.5, 0.6) is 0 Å². The number of rotatable bonds is 5. The molecule has 0 bridgehead atoms. The van der Waals surface area contributed by atoms with Crippen molar-refractivity contribution in [2.45, 2.75) is 58.3 Å². The van der Waals surface area contributed by atoms with E-state index in [4.69, 9.17) is 0 Å². The van der Waals surface area contributed by atoms with Crippen molar-refractivity contribution in [2.75, 3.05) is 0 Å². The maximum Gasteiger partial charge on any atom is -0.00574 e. The largest absolute Gasteiger partial charge is 0.0654 e. The third-order valence-electron chi connectivity index (χ3n) is 6.09. The van der Waals surface area contributed by atoms with E-state index in [0.717, 1.165) is 0 Å². The van der Waals surface area contributed by atoms with Crippen LogP contribution in [0.4, 0.5) is 0 Å². The summed E-state index contributed by atoms with van der Waals surface area (Å²) in [5, 5.41) is 0. The average molecular weight is 316 g/mol. The highest BCUT2D eigenvalue weighted by molar-refractivity contribution is 5.80. The topological polar surface area (TPSA) is 0 Å². The van der Waals surface area contributed by atoms with Gasteiger partial charge in [0.25, 0.3) is 0 Å². The molecule has 0 amide bonds. The van der Waals surface area contributed by atoms with Crippen LogP contribution in [0.25, 0.3) is 17.2 Å². The minimum atomic E-state index is 0.607. The molecule has 0 radical (unpaired) electrons. The van der Waals surface area contributed by atoms with Gasteiger partial charge in [-0.05, 0) is 59.8 Å². The third-order valence-corrected chi connectivity index (χ3v) is 6.09. The average Bonchev–Trinajstić information content (AvgIpc) is 3.22. The highest BCUT2D eigenvalue weighted by Gasteiger charge is 2.34. The summed E-state index contributed by atoms with van der Waals surface area (Å²) in [6.07, 6.45) is 13.5. The molecule has 2 aromatic rings. The molecular formula is C24H28. The van der Waals surface area contributed by atoms with Crippen LogP contribution >= 0.6 is 0 Å². The van der Waals surface area contributed by atoms with Gasteiger partial charge in [-0.1, -0.05) is 86.4 Å². The SMILES string of the molecule is CCCC1(CC2=Cc3c(cccc3-c3ccccc3)C2)CCCC1. The molecule has 4 rings (SSSR count). The summed E-state index contributed by atoms with van der Waals surface area (Å²) in [6, 6.07) is 17.7. The molecule has 2 aliphatic rings. The van der Waals surface area contributed by atoms with Gasteiger partial charge in [-0.25, -0.2) is 0 Å². The van der Waals surface area contributed by atoms with Crippen LogP contribution < -0.4 is 0 Å². The van der Waals surface area contributed by atoms with Gasteiger partial charge >= 0.3 is 0 Å². The number of fused-ring (bicyclic) bond motifs is 1. The highest BCUT2D eigenvalue weighted by atomic mass is 14.4. The number of allylic oxidation sites excluding steroid dienone is 1. The van der Waals surface area contributed by atoms with Crippen molar-refractivity contribution in [2.24, 2.45) is 5.41 Å². The van der Waals surface area contributed by atoms with Crippen LogP contribution in [0.1, 0.15) is 63.0 Å². The van der Waals surface area contributed by atoms with Crippen LogP contribution in [-0.2, 0) is 6.42 Å². The van der Waals surface area contributed by atoms with Gasteiger partial charge in [0.1, 0.15) is 0 Å². The predicted molar refractivity (Wildman–Crippen MR) is 104 cm³/mol. The number of benzene rings is 2. The molecule has 0 atom stereocenters. The minimum Gasteiger partial charge on any atom is -0.0654 e. The Morgan fingerprint density at radius 2 is 1.71 bits per heavy atom. The Labute approximate surface area is 146 Å². The van der Waals surface area contributed by atoms with Gasteiger partial charge in [0.2, 0.25) is 0 Å².